The second-order valence-electron chi connectivity index (χ2n) is 10.3. The summed E-state index contributed by atoms with van der Waals surface area (Å²) in [7, 11) is 0. The molecule has 0 N–H and O–H groups in total. The van der Waals surface area contributed by atoms with Crippen LogP contribution in [-0.2, 0) is 23.8 Å². The highest BCUT2D eigenvalue weighted by Gasteiger charge is 2.37. The minimum Gasteiger partial charge on any atom is -0.459 e. The van der Waals surface area contributed by atoms with E-state index in [0.29, 0.717) is 23.0 Å². The summed E-state index contributed by atoms with van der Waals surface area (Å²) in [6, 6.07) is 0. The fourth-order valence-corrected chi connectivity index (χ4v) is 5.23. The molecular weight excluding hydrogens is 416 g/mol. The lowest BCUT2D eigenvalue weighted by atomic mass is 9.79. The Labute approximate surface area is 201 Å². The third-order valence-electron chi connectivity index (χ3n) is 7.18. The molecule has 0 aromatic heterocycles. The minimum absolute atomic E-state index is 0.0322. The lowest BCUT2D eigenvalue weighted by Gasteiger charge is -2.40. The Morgan fingerprint density at radius 3 is 1.45 bits per heavy atom. The van der Waals surface area contributed by atoms with E-state index in [9.17, 15) is 9.59 Å². The van der Waals surface area contributed by atoms with Crippen molar-refractivity contribution < 1.29 is 23.8 Å². The number of carbonyl (C=O) groups excluding carboxylic acids is 2. The fourth-order valence-electron chi connectivity index (χ4n) is 5.23. The first-order valence-electron chi connectivity index (χ1n) is 13.1. The van der Waals surface area contributed by atoms with Crippen LogP contribution < -0.4 is 0 Å². The maximum absolute atomic E-state index is 12.1. The number of hydrogen-bond donors (Lipinski definition) is 0. The Balaban J connectivity index is 1.95. The Kier molecular flexibility index (Phi) is 11.7. The molecule has 0 spiro atoms. The Morgan fingerprint density at radius 1 is 0.727 bits per heavy atom. The molecule has 2 aliphatic carbocycles. The van der Waals surface area contributed by atoms with Gasteiger partial charge in [0.05, 0.1) is 12.2 Å². The van der Waals surface area contributed by atoms with Gasteiger partial charge < -0.3 is 14.2 Å². The molecule has 2 aliphatic rings. The van der Waals surface area contributed by atoms with Gasteiger partial charge in [0.25, 0.3) is 0 Å². The van der Waals surface area contributed by atoms with Crippen LogP contribution in [0.5, 0.6) is 0 Å². The second-order valence-corrected chi connectivity index (χ2v) is 10.3. The van der Waals surface area contributed by atoms with Crippen molar-refractivity contribution in [3.8, 4) is 0 Å². The van der Waals surface area contributed by atoms with Crippen molar-refractivity contribution in [3.63, 3.8) is 0 Å². The van der Waals surface area contributed by atoms with Crippen LogP contribution in [0.1, 0.15) is 105 Å². The molecule has 0 aromatic carbocycles. The zero-order chi connectivity index (χ0) is 24.4. The zero-order valence-corrected chi connectivity index (χ0v) is 21.4. The summed E-state index contributed by atoms with van der Waals surface area (Å²) in [4.78, 5) is 24.2. The molecule has 0 radical (unpaired) electrons. The van der Waals surface area contributed by atoms with Gasteiger partial charge in [-0.25, -0.2) is 9.59 Å². The number of hydrogen-bond acceptors (Lipinski definition) is 5. The van der Waals surface area contributed by atoms with Crippen LogP contribution in [0.2, 0.25) is 0 Å². The van der Waals surface area contributed by atoms with E-state index in [1.165, 1.54) is 0 Å². The largest absolute Gasteiger partial charge is 0.459 e. The summed E-state index contributed by atoms with van der Waals surface area (Å²) >= 11 is 0. The van der Waals surface area contributed by atoms with Crippen LogP contribution in [-0.4, -0.2) is 36.4 Å². The van der Waals surface area contributed by atoms with Gasteiger partial charge in [-0.15, -0.1) is 0 Å². The van der Waals surface area contributed by atoms with Gasteiger partial charge >= 0.3 is 11.9 Å². The van der Waals surface area contributed by atoms with Crippen LogP contribution in [0.15, 0.2) is 24.3 Å². The molecular formula is C28H46O5. The van der Waals surface area contributed by atoms with Crippen LogP contribution in [0.25, 0.3) is 0 Å². The SMILES string of the molecule is C=C(C)C(=O)OC1CCC(OC2CCC(OC(=O)C(=C)C)C(CCCC)C2)CC1CCCC. The minimum atomic E-state index is -0.276. The van der Waals surface area contributed by atoms with E-state index in [2.05, 4.69) is 27.0 Å². The third-order valence-corrected chi connectivity index (χ3v) is 7.18. The van der Waals surface area contributed by atoms with E-state index >= 15 is 0 Å². The molecule has 0 aromatic rings. The van der Waals surface area contributed by atoms with Gasteiger partial charge in [0, 0.05) is 11.1 Å². The van der Waals surface area contributed by atoms with E-state index in [1.54, 1.807) is 13.8 Å². The number of carbonyl (C=O) groups is 2. The number of esters is 2. The van der Waals surface area contributed by atoms with Crippen LogP contribution in [0, 0.1) is 11.8 Å². The van der Waals surface area contributed by atoms with Gasteiger partial charge in [-0.05, 0) is 77.0 Å². The molecule has 2 fully saturated rings. The Hall–Kier alpha value is -1.62. The highest BCUT2D eigenvalue weighted by molar-refractivity contribution is 5.87. The van der Waals surface area contributed by atoms with E-state index in [1.807, 2.05) is 0 Å². The van der Waals surface area contributed by atoms with Crippen LogP contribution in [0.3, 0.4) is 0 Å². The molecule has 0 bridgehead atoms. The molecule has 188 valence electrons. The molecule has 0 amide bonds. The van der Waals surface area contributed by atoms with Crippen LogP contribution in [0.4, 0.5) is 0 Å². The molecule has 5 nitrogen and oxygen atoms in total. The first kappa shape index (κ1) is 27.6. The summed E-state index contributed by atoms with van der Waals surface area (Å²) in [5.74, 6) is 0.135. The quantitative estimate of drug-likeness (QED) is 0.239. The van der Waals surface area contributed by atoms with E-state index in [-0.39, 0.29) is 36.4 Å². The van der Waals surface area contributed by atoms with Gasteiger partial charge in [0.2, 0.25) is 0 Å². The molecule has 33 heavy (non-hydrogen) atoms. The summed E-state index contributed by atoms with van der Waals surface area (Å²) < 4.78 is 18.2. The normalized spacial score (nSPS) is 29.8. The van der Waals surface area contributed by atoms with Gasteiger partial charge in [-0.3, -0.25) is 0 Å². The predicted octanol–water partition coefficient (Wildman–Crippen LogP) is 6.70. The van der Waals surface area contributed by atoms with Gasteiger partial charge in [-0.1, -0.05) is 52.7 Å². The highest BCUT2D eigenvalue weighted by atomic mass is 16.6. The molecule has 0 heterocycles. The van der Waals surface area contributed by atoms with Crippen molar-refractivity contribution in [2.75, 3.05) is 0 Å². The third kappa shape index (κ3) is 8.92. The number of ether oxygens (including phenoxy) is 3. The van der Waals surface area contributed by atoms with Gasteiger partial charge in [0.15, 0.2) is 0 Å². The van der Waals surface area contributed by atoms with Gasteiger partial charge in [0.1, 0.15) is 12.2 Å². The van der Waals surface area contributed by atoms with Crippen LogP contribution >= 0.6 is 0 Å². The van der Waals surface area contributed by atoms with Crippen molar-refractivity contribution in [2.45, 2.75) is 129 Å². The Bertz CT molecular complexity index is 613. The monoisotopic (exact) mass is 462 g/mol. The summed E-state index contributed by atoms with van der Waals surface area (Å²) in [6.07, 6.45) is 12.4. The summed E-state index contributed by atoms with van der Waals surface area (Å²) in [5, 5.41) is 0. The summed E-state index contributed by atoms with van der Waals surface area (Å²) in [6.45, 7) is 15.3. The molecule has 2 rings (SSSR count). The highest BCUT2D eigenvalue weighted by Crippen LogP contribution is 2.37. The maximum atomic E-state index is 12.1. The topological polar surface area (TPSA) is 61.8 Å². The predicted molar refractivity (Wildman–Crippen MR) is 132 cm³/mol. The standard InChI is InChI=1S/C28H46O5/c1-7-9-11-21-17-23(13-15-25(21)32-27(29)19(3)4)31-24-14-16-26(33-28(30)20(5)6)22(18-24)12-10-8-2/h21-26H,3,5,7-18H2,1-2,4,6H3. The smallest absolute Gasteiger partial charge is 0.333 e. The fraction of sp³-hybridized carbons (Fsp3) is 0.786. The summed E-state index contributed by atoms with van der Waals surface area (Å²) in [5.41, 5.74) is 0.926. The first-order valence-corrected chi connectivity index (χ1v) is 13.1. The molecule has 6 atom stereocenters. The molecule has 5 heteroatoms. The van der Waals surface area contributed by atoms with Crippen molar-refractivity contribution in [2.24, 2.45) is 11.8 Å². The first-order chi connectivity index (χ1) is 15.7. The van der Waals surface area contributed by atoms with E-state index < -0.39 is 0 Å². The molecule has 0 saturated heterocycles. The zero-order valence-electron chi connectivity index (χ0n) is 21.4. The Morgan fingerprint density at radius 2 is 1.12 bits per heavy atom. The number of rotatable bonds is 12. The van der Waals surface area contributed by atoms with Crippen molar-refractivity contribution in [3.05, 3.63) is 24.3 Å². The molecule has 6 unspecified atom stereocenters. The molecule has 0 aliphatic heterocycles. The lowest BCUT2D eigenvalue weighted by Crippen LogP contribution is -2.41. The van der Waals surface area contributed by atoms with Gasteiger partial charge in [-0.2, -0.15) is 0 Å². The van der Waals surface area contributed by atoms with Crippen molar-refractivity contribution in [1.29, 1.82) is 0 Å². The molecule has 2 saturated carbocycles. The maximum Gasteiger partial charge on any atom is 0.333 e. The average molecular weight is 463 g/mol. The van der Waals surface area contributed by atoms with E-state index in [4.69, 9.17) is 14.2 Å². The van der Waals surface area contributed by atoms with Crippen molar-refractivity contribution in [1.82, 2.24) is 0 Å². The lowest BCUT2D eigenvalue weighted by molar-refractivity contribution is -0.158. The van der Waals surface area contributed by atoms with Crippen molar-refractivity contribution >= 4 is 11.9 Å². The second kappa shape index (κ2) is 13.9. The average Bonchev–Trinajstić information content (AvgIpc) is 2.78. The number of unbranched alkanes of at least 4 members (excludes halogenated alkanes) is 2. The van der Waals surface area contributed by atoms with E-state index in [0.717, 1.165) is 77.0 Å².